The molecule has 112 valence electrons. The number of carbonyl (C=O) groups excluding carboxylic acids is 1. The zero-order chi connectivity index (χ0) is 15.1. The molecule has 3 heteroatoms. The van der Waals surface area contributed by atoms with Gasteiger partial charge in [0.15, 0.2) is 0 Å². The van der Waals surface area contributed by atoms with Gasteiger partial charge in [-0.3, -0.25) is 0 Å². The van der Waals surface area contributed by atoms with Gasteiger partial charge < -0.3 is 10.2 Å². The summed E-state index contributed by atoms with van der Waals surface area (Å²) in [5, 5.41) is 3.08. The SMILES string of the molecule is CCc1ccccc1NC(=O)N([C@@H](C)CC)[C@@H](C)CC. The Morgan fingerprint density at radius 1 is 1.10 bits per heavy atom. The van der Waals surface area contributed by atoms with Crippen molar-refractivity contribution in [3.05, 3.63) is 29.8 Å². The average molecular weight is 276 g/mol. The largest absolute Gasteiger partial charge is 0.322 e. The zero-order valence-corrected chi connectivity index (χ0v) is 13.4. The molecule has 2 atom stereocenters. The van der Waals surface area contributed by atoms with Crippen molar-refractivity contribution in [3.63, 3.8) is 0 Å². The molecule has 0 aliphatic carbocycles. The molecule has 2 amide bonds. The molecule has 0 fully saturated rings. The maximum absolute atomic E-state index is 12.6. The molecule has 1 aromatic carbocycles. The average Bonchev–Trinajstić information content (AvgIpc) is 2.47. The van der Waals surface area contributed by atoms with E-state index in [0.717, 1.165) is 24.9 Å². The Kier molecular flexibility index (Phi) is 6.56. The zero-order valence-electron chi connectivity index (χ0n) is 13.4. The molecule has 0 heterocycles. The van der Waals surface area contributed by atoms with Crippen molar-refractivity contribution in [2.75, 3.05) is 5.32 Å². The number of amides is 2. The lowest BCUT2D eigenvalue weighted by molar-refractivity contribution is 0.163. The lowest BCUT2D eigenvalue weighted by Crippen LogP contribution is -2.46. The van der Waals surface area contributed by atoms with Gasteiger partial charge in [-0.25, -0.2) is 4.79 Å². The number of rotatable bonds is 6. The fourth-order valence-electron chi connectivity index (χ4n) is 2.36. The molecule has 0 saturated heterocycles. The van der Waals surface area contributed by atoms with Crippen LogP contribution >= 0.6 is 0 Å². The van der Waals surface area contributed by atoms with E-state index in [9.17, 15) is 4.79 Å². The van der Waals surface area contributed by atoms with E-state index >= 15 is 0 Å². The molecule has 0 radical (unpaired) electrons. The Labute approximate surface area is 123 Å². The molecule has 3 nitrogen and oxygen atoms in total. The third-order valence-corrected chi connectivity index (χ3v) is 4.01. The van der Waals surface area contributed by atoms with Crippen LogP contribution in [0.5, 0.6) is 0 Å². The van der Waals surface area contributed by atoms with Crippen LogP contribution in [0.25, 0.3) is 0 Å². The lowest BCUT2D eigenvalue weighted by atomic mass is 10.1. The van der Waals surface area contributed by atoms with Crippen LogP contribution in [0, 0.1) is 0 Å². The summed E-state index contributed by atoms with van der Waals surface area (Å²) in [6, 6.07) is 8.52. The standard InChI is InChI=1S/C17H28N2O/c1-6-13(4)19(14(5)7-2)17(20)18-16-12-10-9-11-15(16)8-3/h9-14H,6-8H2,1-5H3,(H,18,20)/t13-,14-/m0/s1. The van der Waals surface area contributed by atoms with Gasteiger partial charge in [0.2, 0.25) is 0 Å². The predicted molar refractivity (Wildman–Crippen MR) is 86.2 cm³/mol. The van der Waals surface area contributed by atoms with Crippen molar-refractivity contribution in [1.29, 1.82) is 0 Å². The molecular formula is C17H28N2O. The van der Waals surface area contributed by atoms with Crippen LogP contribution in [0.15, 0.2) is 24.3 Å². The van der Waals surface area contributed by atoms with Gasteiger partial charge in [0.25, 0.3) is 0 Å². The molecule has 20 heavy (non-hydrogen) atoms. The highest BCUT2D eigenvalue weighted by Crippen LogP contribution is 2.19. The number of aryl methyl sites for hydroxylation is 1. The van der Waals surface area contributed by atoms with Gasteiger partial charge in [-0.15, -0.1) is 0 Å². The summed E-state index contributed by atoms with van der Waals surface area (Å²) < 4.78 is 0. The molecular weight excluding hydrogens is 248 g/mol. The van der Waals surface area contributed by atoms with E-state index in [1.807, 2.05) is 23.1 Å². The van der Waals surface area contributed by atoms with Crippen molar-refractivity contribution < 1.29 is 4.79 Å². The van der Waals surface area contributed by atoms with Gasteiger partial charge in [0.05, 0.1) is 0 Å². The topological polar surface area (TPSA) is 32.3 Å². The minimum atomic E-state index is 0.00889. The highest BCUT2D eigenvalue weighted by molar-refractivity contribution is 5.90. The summed E-state index contributed by atoms with van der Waals surface area (Å²) in [4.78, 5) is 14.6. The second-order valence-electron chi connectivity index (χ2n) is 5.36. The molecule has 0 spiro atoms. The molecule has 0 aromatic heterocycles. The minimum absolute atomic E-state index is 0.00889. The van der Waals surface area contributed by atoms with Gasteiger partial charge in [0, 0.05) is 17.8 Å². The van der Waals surface area contributed by atoms with Crippen LogP contribution in [0.4, 0.5) is 10.5 Å². The van der Waals surface area contributed by atoms with Gasteiger partial charge in [-0.05, 0) is 44.7 Å². The van der Waals surface area contributed by atoms with Crippen LogP contribution in [0.2, 0.25) is 0 Å². The number of anilines is 1. The summed E-state index contributed by atoms with van der Waals surface area (Å²) >= 11 is 0. The van der Waals surface area contributed by atoms with Crippen molar-refractivity contribution in [1.82, 2.24) is 4.90 Å². The fourth-order valence-corrected chi connectivity index (χ4v) is 2.36. The van der Waals surface area contributed by atoms with Crippen LogP contribution in [-0.2, 0) is 6.42 Å². The predicted octanol–water partition coefficient (Wildman–Crippen LogP) is 4.68. The molecule has 0 saturated carbocycles. The summed E-state index contributed by atoms with van der Waals surface area (Å²) in [5.74, 6) is 0. The quantitative estimate of drug-likeness (QED) is 0.804. The molecule has 1 rings (SSSR count). The molecule has 0 aliphatic heterocycles. The summed E-state index contributed by atoms with van der Waals surface area (Å²) in [6.07, 6.45) is 2.85. The monoisotopic (exact) mass is 276 g/mol. The van der Waals surface area contributed by atoms with E-state index in [4.69, 9.17) is 0 Å². The van der Waals surface area contributed by atoms with Gasteiger partial charge in [-0.2, -0.15) is 0 Å². The first-order chi connectivity index (χ1) is 9.54. The van der Waals surface area contributed by atoms with Crippen molar-refractivity contribution >= 4 is 11.7 Å². The molecule has 1 N–H and O–H groups in total. The number of nitrogens with zero attached hydrogens (tertiary/aromatic N) is 1. The number of benzene rings is 1. The normalized spacial score (nSPS) is 13.7. The Hall–Kier alpha value is -1.51. The molecule has 0 aliphatic rings. The summed E-state index contributed by atoms with van der Waals surface area (Å²) in [5.41, 5.74) is 2.10. The Bertz CT molecular complexity index is 421. The maximum atomic E-state index is 12.6. The van der Waals surface area contributed by atoms with E-state index in [-0.39, 0.29) is 18.1 Å². The van der Waals surface area contributed by atoms with E-state index in [2.05, 4.69) is 46.0 Å². The first-order valence-corrected chi connectivity index (χ1v) is 7.72. The van der Waals surface area contributed by atoms with E-state index in [1.54, 1.807) is 0 Å². The van der Waals surface area contributed by atoms with Crippen molar-refractivity contribution in [2.45, 2.75) is 66.0 Å². The Morgan fingerprint density at radius 3 is 2.15 bits per heavy atom. The number of hydrogen-bond acceptors (Lipinski definition) is 1. The molecule has 0 unspecified atom stereocenters. The van der Waals surface area contributed by atoms with Crippen LogP contribution < -0.4 is 5.32 Å². The second-order valence-corrected chi connectivity index (χ2v) is 5.36. The highest BCUT2D eigenvalue weighted by Gasteiger charge is 2.23. The number of para-hydroxylation sites is 1. The lowest BCUT2D eigenvalue weighted by Gasteiger charge is -2.34. The third kappa shape index (κ3) is 3.99. The maximum Gasteiger partial charge on any atom is 0.322 e. The number of nitrogens with one attached hydrogen (secondary N) is 1. The number of carbonyl (C=O) groups is 1. The van der Waals surface area contributed by atoms with E-state index in [0.29, 0.717) is 0 Å². The highest BCUT2D eigenvalue weighted by atomic mass is 16.2. The van der Waals surface area contributed by atoms with Gasteiger partial charge in [-0.1, -0.05) is 39.0 Å². The fraction of sp³-hybridized carbons (Fsp3) is 0.588. The molecule has 1 aromatic rings. The smallest absolute Gasteiger partial charge is 0.319 e. The summed E-state index contributed by atoms with van der Waals surface area (Å²) in [6.45, 7) is 10.6. The number of urea groups is 1. The first kappa shape index (κ1) is 16.5. The Balaban J connectivity index is 2.90. The van der Waals surface area contributed by atoms with Crippen molar-refractivity contribution in [3.8, 4) is 0 Å². The van der Waals surface area contributed by atoms with E-state index in [1.165, 1.54) is 5.56 Å². The van der Waals surface area contributed by atoms with Crippen LogP contribution in [0.3, 0.4) is 0 Å². The first-order valence-electron chi connectivity index (χ1n) is 7.72. The van der Waals surface area contributed by atoms with Gasteiger partial charge >= 0.3 is 6.03 Å². The van der Waals surface area contributed by atoms with Crippen LogP contribution in [-0.4, -0.2) is 23.0 Å². The van der Waals surface area contributed by atoms with Gasteiger partial charge in [0.1, 0.15) is 0 Å². The van der Waals surface area contributed by atoms with Crippen molar-refractivity contribution in [2.24, 2.45) is 0 Å². The molecule has 0 bridgehead atoms. The number of hydrogen-bond donors (Lipinski definition) is 1. The minimum Gasteiger partial charge on any atom is -0.319 e. The second kappa shape index (κ2) is 7.93. The van der Waals surface area contributed by atoms with E-state index < -0.39 is 0 Å². The third-order valence-electron chi connectivity index (χ3n) is 4.01. The summed E-state index contributed by atoms with van der Waals surface area (Å²) in [7, 11) is 0. The Morgan fingerprint density at radius 2 is 1.65 bits per heavy atom. The van der Waals surface area contributed by atoms with Crippen LogP contribution in [0.1, 0.15) is 53.0 Å².